The van der Waals surface area contributed by atoms with Gasteiger partial charge in [-0.15, -0.1) is 0 Å². The normalized spacial score (nSPS) is 11.8. The first-order valence-electron chi connectivity index (χ1n) is 13.6. The highest BCUT2D eigenvalue weighted by molar-refractivity contribution is 6.31. The number of phenolic OH excluding ortho intramolecular Hbond substituents is 1. The summed E-state index contributed by atoms with van der Waals surface area (Å²) in [5.74, 6) is 1.04. The molecule has 0 aliphatic heterocycles. The lowest BCUT2D eigenvalue weighted by Gasteiger charge is -2.25. The van der Waals surface area contributed by atoms with E-state index in [0.29, 0.717) is 55.5 Å². The molecule has 6 heteroatoms. The number of aromatic nitrogens is 1. The molecule has 5 nitrogen and oxygen atoms in total. The second-order valence-corrected chi connectivity index (χ2v) is 11.0. The van der Waals surface area contributed by atoms with Crippen molar-refractivity contribution in [1.29, 1.82) is 0 Å². The predicted octanol–water partition coefficient (Wildman–Crippen LogP) is 9.62. The number of halogens is 1. The number of carbonyl (C=O) groups excluding carboxylic acids is 1. The van der Waals surface area contributed by atoms with Crippen molar-refractivity contribution in [3.63, 3.8) is 0 Å². The number of aryl methyl sites for hydroxylation is 2. The molecule has 204 valence electrons. The van der Waals surface area contributed by atoms with Gasteiger partial charge in [-0.25, -0.2) is 4.98 Å². The predicted molar refractivity (Wildman–Crippen MR) is 168 cm³/mol. The summed E-state index contributed by atoms with van der Waals surface area (Å²) in [5.41, 5.74) is 8.05. The van der Waals surface area contributed by atoms with E-state index in [-0.39, 0.29) is 11.5 Å². The van der Waals surface area contributed by atoms with Gasteiger partial charge in [0.1, 0.15) is 17.0 Å². The standard InChI is InChI=1S/C36H25ClN2O3/c1-20-7-12-23(13-8-20)38-30-19-32(42-24-14-9-21(2)10-15-24)35-33-28(25-5-3-4-6-26(25)36(41)34(30)33)18-29(39-35)27-16-11-22(37)17-31(27)40/h3-19,38,40H,1-2H3. The minimum Gasteiger partial charge on any atom is -0.507 e. The second kappa shape index (κ2) is 10.1. The van der Waals surface area contributed by atoms with Gasteiger partial charge in [0.05, 0.1) is 16.9 Å². The van der Waals surface area contributed by atoms with E-state index >= 15 is 0 Å². The zero-order valence-electron chi connectivity index (χ0n) is 22.9. The summed E-state index contributed by atoms with van der Waals surface area (Å²) in [5, 5.41) is 15.4. The number of phenols is 1. The monoisotopic (exact) mass is 568 g/mol. The molecular formula is C36H25ClN2O3. The minimum atomic E-state index is -0.0940. The number of pyridine rings is 1. The van der Waals surface area contributed by atoms with Crippen molar-refractivity contribution in [1.82, 2.24) is 4.98 Å². The maximum Gasteiger partial charge on any atom is 0.196 e. The lowest BCUT2D eigenvalue weighted by Crippen LogP contribution is -2.14. The molecule has 0 fully saturated rings. The molecule has 5 aromatic carbocycles. The second-order valence-electron chi connectivity index (χ2n) is 10.5. The smallest absolute Gasteiger partial charge is 0.196 e. The summed E-state index contributed by atoms with van der Waals surface area (Å²) in [6.07, 6.45) is 0. The highest BCUT2D eigenvalue weighted by atomic mass is 35.5. The van der Waals surface area contributed by atoms with Crippen molar-refractivity contribution < 1.29 is 14.6 Å². The van der Waals surface area contributed by atoms with Gasteiger partial charge in [-0.3, -0.25) is 4.79 Å². The van der Waals surface area contributed by atoms with Crippen molar-refractivity contribution in [3.8, 4) is 39.6 Å². The molecule has 1 aromatic heterocycles. The van der Waals surface area contributed by atoms with Gasteiger partial charge in [0.2, 0.25) is 0 Å². The van der Waals surface area contributed by atoms with Crippen LogP contribution in [0.25, 0.3) is 33.3 Å². The molecule has 0 spiro atoms. The third kappa shape index (κ3) is 4.44. The number of rotatable bonds is 5. The van der Waals surface area contributed by atoms with E-state index in [0.717, 1.165) is 27.9 Å². The Kier molecular flexibility index (Phi) is 6.18. The van der Waals surface area contributed by atoms with Crippen LogP contribution in [0.1, 0.15) is 27.0 Å². The number of ketones is 1. The van der Waals surface area contributed by atoms with Crippen molar-refractivity contribution in [3.05, 3.63) is 130 Å². The Hall–Kier alpha value is -5.13. The number of ether oxygens (including phenoxy) is 1. The van der Waals surface area contributed by atoms with Crippen molar-refractivity contribution >= 4 is 39.7 Å². The molecule has 0 saturated carbocycles. The third-order valence-corrected chi connectivity index (χ3v) is 7.79. The van der Waals surface area contributed by atoms with Crippen LogP contribution in [0.4, 0.5) is 11.4 Å². The first kappa shape index (κ1) is 25.8. The number of anilines is 2. The van der Waals surface area contributed by atoms with Gasteiger partial charge in [0.15, 0.2) is 11.5 Å². The Bertz CT molecular complexity index is 2030. The first-order valence-corrected chi connectivity index (χ1v) is 14.0. The van der Waals surface area contributed by atoms with Gasteiger partial charge in [0, 0.05) is 33.3 Å². The number of carbonyl (C=O) groups is 1. The molecule has 0 unspecified atom stereocenters. The topological polar surface area (TPSA) is 71.4 Å². The van der Waals surface area contributed by atoms with E-state index < -0.39 is 0 Å². The summed E-state index contributed by atoms with van der Waals surface area (Å²) in [6.45, 7) is 4.05. The molecular weight excluding hydrogens is 544 g/mol. The van der Waals surface area contributed by atoms with Crippen LogP contribution in [0, 0.1) is 13.8 Å². The lowest BCUT2D eigenvalue weighted by molar-refractivity contribution is 0.104. The van der Waals surface area contributed by atoms with E-state index in [1.54, 1.807) is 12.1 Å². The zero-order valence-corrected chi connectivity index (χ0v) is 23.7. The summed E-state index contributed by atoms with van der Waals surface area (Å²) >= 11 is 6.15. The van der Waals surface area contributed by atoms with Crippen LogP contribution in [0.3, 0.4) is 0 Å². The number of benzene rings is 5. The van der Waals surface area contributed by atoms with E-state index in [1.165, 1.54) is 6.07 Å². The van der Waals surface area contributed by atoms with Crippen LogP contribution < -0.4 is 10.1 Å². The van der Waals surface area contributed by atoms with Crippen molar-refractivity contribution in [2.24, 2.45) is 0 Å². The fourth-order valence-electron chi connectivity index (χ4n) is 5.44. The van der Waals surface area contributed by atoms with E-state index in [9.17, 15) is 9.90 Å². The molecule has 42 heavy (non-hydrogen) atoms. The van der Waals surface area contributed by atoms with Gasteiger partial charge in [-0.2, -0.15) is 0 Å². The Morgan fingerprint density at radius 1 is 0.762 bits per heavy atom. The van der Waals surface area contributed by atoms with Gasteiger partial charge < -0.3 is 15.2 Å². The van der Waals surface area contributed by atoms with Gasteiger partial charge >= 0.3 is 0 Å². The number of hydrogen-bond acceptors (Lipinski definition) is 5. The summed E-state index contributed by atoms with van der Waals surface area (Å²) in [7, 11) is 0. The summed E-state index contributed by atoms with van der Waals surface area (Å²) in [4.78, 5) is 19.2. The van der Waals surface area contributed by atoms with Gasteiger partial charge in [-0.1, -0.05) is 71.3 Å². The maximum absolute atomic E-state index is 14.1. The first-order chi connectivity index (χ1) is 20.4. The Morgan fingerprint density at radius 3 is 2.17 bits per heavy atom. The Morgan fingerprint density at radius 2 is 1.45 bits per heavy atom. The molecule has 0 atom stereocenters. The number of aromatic hydroxyl groups is 1. The van der Waals surface area contributed by atoms with Crippen LogP contribution >= 0.6 is 11.6 Å². The number of fused-ring (bicyclic) bond motifs is 2. The molecule has 0 radical (unpaired) electrons. The SMILES string of the molecule is Cc1ccc(Nc2cc(Oc3ccc(C)cc3)c3nc(-c4ccc(Cl)cc4O)cc4c3c2C(=O)c2ccccc2-4)cc1. The highest BCUT2D eigenvalue weighted by Gasteiger charge is 2.31. The number of nitrogens with zero attached hydrogens (tertiary/aromatic N) is 1. The quantitative estimate of drug-likeness (QED) is 0.216. The fraction of sp³-hybridized carbons (Fsp3) is 0.0556. The van der Waals surface area contributed by atoms with Crippen LogP contribution in [0.5, 0.6) is 17.2 Å². The van der Waals surface area contributed by atoms with E-state index in [4.69, 9.17) is 21.3 Å². The highest BCUT2D eigenvalue weighted by Crippen LogP contribution is 2.48. The molecule has 0 bridgehead atoms. The minimum absolute atomic E-state index is 0.0144. The molecule has 6 aromatic rings. The molecule has 2 N–H and O–H groups in total. The van der Waals surface area contributed by atoms with Crippen LogP contribution in [0.15, 0.2) is 103 Å². The average molecular weight is 569 g/mol. The average Bonchev–Trinajstić information content (AvgIpc) is 2.99. The molecule has 0 amide bonds. The fourth-order valence-corrected chi connectivity index (χ4v) is 5.61. The molecule has 7 rings (SSSR count). The molecule has 1 aliphatic carbocycles. The van der Waals surface area contributed by atoms with Crippen LogP contribution in [-0.2, 0) is 0 Å². The Balaban J connectivity index is 1.55. The van der Waals surface area contributed by atoms with Crippen LogP contribution in [0.2, 0.25) is 5.02 Å². The lowest BCUT2D eigenvalue weighted by atomic mass is 9.82. The Labute approximate surface area is 248 Å². The van der Waals surface area contributed by atoms with Crippen LogP contribution in [-0.4, -0.2) is 15.9 Å². The summed E-state index contributed by atoms with van der Waals surface area (Å²) < 4.78 is 6.49. The maximum atomic E-state index is 14.1. The van der Waals surface area contributed by atoms with Gasteiger partial charge in [0.25, 0.3) is 0 Å². The van der Waals surface area contributed by atoms with E-state index in [2.05, 4.69) is 5.32 Å². The number of nitrogens with one attached hydrogen (secondary N) is 1. The summed E-state index contributed by atoms with van der Waals surface area (Å²) in [6, 6.07) is 32.1. The number of hydrogen-bond donors (Lipinski definition) is 2. The molecule has 1 heterocycles. The van der Waals surface area contributed by atoms with Crippen molar-refractivity contribution in [2.75, 3.05) is 5.32 Å². The molecule has 1 aliphatic rings. The van der Waals surface area contributed by atoms with E-state index in [1.807, 2.05) is 98.8 Å². The van der Waals surface area contributed by atoms with Crippen molar-refractivity contribution in [2.45, 2.75) is 13.8 Å². The molecule has 0 saturated heterocycles. The third-order valence-electron chi connectivity index (χ3n) is 7.55. The van der Waals surface area contributed by atoms with Gasteiger partial charge in [-0.05, 0) is 73.5 Å². The zero-order chi connectivity index (χ0) is 29.0. The largest absolute Gasteiger partial charge is 0.507 e.